The van der Waals surface area contributed by atoms with Crippen molar-refractivity contribution in [2.75, 3.05) is 6.61 Å². The molecule has 0 aliphatic heterocycles. The summed E-state index contributed by atoms with van der Waals surface area (Å²) in [5.41, 5.74) is 15.5. The lowest BCUT2D eigenvalue weighted by Crippen LogP contribution is -2.47. The Morgan fingerprint density at radius 1 is 0.618 bits per heavy atom. The van der Waals surface area contributed by atoms with Crippen LogP contribution < -0.4 is 16.0 Å². The monoisotopic (exact) mass is 916 g/mol. The summed E-state index contributed by atoms with van der Waals surface area (Å²) in [6.07, 6.45) is 13.7. The Morgan fingerprint density at radius 3 is 1.72 bits per heavy atom. The molecule has 68 heavy (non-hydrogen) atoms. The minimum Gasteiger partial charge on any atom is -0.378 e. The van der Waals surface area contributed by atoms with Crippen LogP contribution >= 0.6 is 0 Å². The van der Waals surface area contributed by atoms with Gasteiger partial charge in [-0.3, -0.25) is 14.4 Å². The van der Waals surface area contributed by atoms with E-state index in [1.807, 2.05) is 103 Å². The van der Waals surface area contributed by atoms with Crippen molar-refractivity contribution in [2.45, 2.75) is 117 Å². The van der Waals surface area contributed by atoms with Crippen LogP contribution in [0.3, 0.4) is 0 Å². The lowest BCUT2D eigenvalue weighted by molar-refractivity contribution is -0.0161. The van der Waals surface area contributed by atoms with Crippen molar-refractivity contribution in [3.05, 3.63) is 165 Å². The molecule has 11 rings (SSSR count). The van der Waals surface area contributed by atoms with Crippen LogP contribution in [0.25, 0.3) is 28.2 Å². The van der Waals surface area contributed by atoms with E-state index >= 15 is 0 Å². The topological polar surface area (TPSA) is 148 Å². The van der Waals surface area contributed by atoms with E-state index in [9.17, 15) is 14.4 Å². The number of hydrogen-bond acceptors (Lipinski definition) is 7. The maximum atomic E-state index is 13.5. The van der Waals surface area contributed by atoms with Crippen LogP contribution in [0.15, 0.2) is 97.5 Å². The number of rotatable bonds is 11. The Kier molecular flexibility index (Phi) is 12.2. The molecular formula is C55H65N9O4. The van der Waals surface area contributed by atoms with E-state index in [0.717, 1.165) is 109 Å². The molecule has 6 aromatic heterocycles. The SMILES string of the molecule is CCCCOC1CC(NC(=O)c2ccn3c(C)cc(C)nc23)C1.Cc1cc(C)n2ccc(C(=O)NC3CCc4cc(-c5cc(C)n6ccc(C(=O)N[C@H]7CCc8ccccc87)c6n5)ccc43)c2n1.[HH].[HH].[HH]. The van der Waals surface area contributed by atoms with Gasteiger partial charge in [0.1, 0.15) is 16.9 Å². The smallest absolute Gasteiger partial charge is 0.255 e. The van der Waals surface area contributed by atoms with Gasteiger partial charge in [-0.15, -0.1) is 0 Å². The van der Waals surface area contributed by atoms with Crippen molar-refractivity contribution in [2.24, 2.45) is 0 Å². The largest absolute Gasteiger partial charge is 0.378 e. The number of nitrogens with one attached hydrogen (secondary N) is 3. The van der Waals surface area contributed by atoms with Gasteiger partial charge in [-0.2, -0.15) is 0 Å². The zero-order valence-electron chi connectivity index (χ0n) is 39.7. The summed E-state index contributed by atoms with van der Waals surface area (Å²) >= 11 is 0. The summed E-state index contributed by atoms with van der Waals surface area (Å²) in [7, 11) is 0. The standard InChI is InChI=1S/C37H34N6O2.C18H25N3O2.3H2/c1-21-18-22(2)42-16-14-29(34(42)38-21)36(44)41-32-13-10-25-20-26(8-11-28(25)32)33-19-23(3)43-17-15-30(35(43)39-33)37(45)40-31-12-9-24-6-4-5-7-27(24)31;1-4-5-8-23-15-10-14(11-15)20-18(22)16-6-7-21-13(3)9-12(2)19-17(16)21;;;/h4-8,11,14-20,31-32H,9-10,12-13H2,1-3H3,(H,40,45)(H,41,44);6-7,9,14-15H,4-5,8,10-11H2,1-3H3,(H,20,22);3*1H/t31-,32?;;;;/m0..../s1. The fourth-order valence-electron chi connectivity index (χ4n) is 10.3. The van der Waals surface area contributed by atoms with Crippen molar-refractivity contribution >= 4 is 34.7 Å². The second-order valence-electron chi connectivity index (χ2n) is 18.9. The predicted molar refractivity (Wildman–Crippen MR) is 270 cm³/mol. The number of carbonyl (C=O) groups excluding carboxylic acids is 3. The normalized spacial score (nSPS) is 18.2. The number of aryl methyl sites for hydroxylation is 7. The van der Waals surface area contributed by atoms with E-state index in [0.29, 0.717) is 34.1 Å². The molecule has 2 aromatic carbocycles. The van der Waals surface area contributed by atoms with Gasteiger partial charge in [0.05, 0.1) is 40.6 Å². The summed E-state index contributed by atoms with van der Waals surface area (Å²) in [5, 5.41) is 9.61. The van der Waals surface area contributed by atoms with E-state index in [1.54, 1.807) is 0 Å². The van der Waals surface area contributed by atoms with Crippen LogP contribution in [-0.4, -0.2) is 64.6 Å². The molecule has 354 valence electrons. The zero-order valence-corrected chi connectivity index (χ0v) is 39.7. The Bertz CT molecular complexity index is 3260. The van der Waals surface area contributed by atoms with Gasteiger partial charge in [0.2, 0.25) is 0 Å². The van der Waals surface area contributed by atoms with Crippen LogP contribution in [0, 0.1) is 34.6 Å². The maximum Gasteiger partial charge on any atom is 0.255 e. The van der Waals surface area contributed by atoms with Gasteiger partial charge in [-0.1, -0.05) is 49.7 Å². The summed E-state index contributed by atoms with van der Waals surface area (Å²) in [5.74, 6) is -0.255. The molecule has 13 nitrogen and oxygen atoms in total. The molecule has 13 heteroatoms. The van der Waals surface area contributed by atoms with Crippen LogP contribution in [0.4, 0.5) is 0 Å². The molecule has 8 aromatic rings. The number of ether oxygens (including phenoxy) is 1. The van der Waals surface area contributed by atoms with Gasteiger partial charge in [-0.05, 0) is 144 Å². The Morgan fingerprint density at radius 2 is 1.13 bits per heavy atom. The van der Waals surface area contributed by atoms with E-state index in [2.05, 4.69) is 75.3 Å². The van der Waals surface area contributed by atoms with Crippen LogP contribution in [0.5, 0.6) is 0 Å². The number of nitrogens with zero attached hydrogens (tertiary/aromatic N) is 6. The number of fused-ring (bicyclic) bond motifs is 5. The summed E-state index contributed by atoms with van der Waals surface area (Å²) < 4.78 is 11.6. The van der Waals surface area contributed by atoms with Crippen LogP contribution in [-0.2, 0) is 17.6 Å². The lowest BCUT2D eigenvalue weighted by atomic mass is 9.89. The molecule has 3 aliphatic carbocycles. The Hall–Kier alpha value is -7.12. The fourth-order valence-corrected chi connectivity index (χ4v) is 10.3. The van der Waals surface area contributed by atoms with Gasteiger partial charge >= 0.3 is 0 Å². The first-order chi connectivity index (χ1) is 32.9. The highest BCUT2D eigenvalue weighted by Crippen LogP contribution is 2.36. The molecule has 2 atom stereocenters. The van der Waals surface area contributed by atoms with Crippen LogP contribution in [0.1, 0.15) is 144 Å². The third-order valence-electron chi connectivity index (χ3n) is 14.0. The number of benzene rings is 2. The van der Waals surface area contributed by atoms with Crippen molar-refractivity contribution in [3.63, 3.8) is 0 Å². The first kappa shape index (κ1) is 44.7. The van der Waals surface area contributed by atoms with Crippen molar-refractivity contribution in [3.8, 4) is 11.3 Å². The van der Waals surface area contributed by atoms with Crippen molar-refractivity contribution in [1.82, 2.24) is 44.1 Å². The first-order valence-electron chi connectivity index (χ1n) is 24.1. The van der Waals surface area contributed by atoms with Gasteiger partial charge in [0.15, 0.2) is 0 Å². The average molecular weight is 916 g/mol. The summed E-state index contributed by atoms with van der Waals surface area (Å²) in [4.78, 5) is 53.5. The summed E-state index contributed by atoms with van der Waals surface area (Å²) in [6, 6.07) is 26.5. The Labute approximate surface area is 400 Å². The molecule has 3 aliphatic rings. The molecule has 0 spiro atoms. The van der Waals surface area contributed by atoms with Gasteiger partial charge in [-0.25, -0.2) is 15.0 Å². The fraction of sp³-hybridized carbons (Fsp3) is 0.345. The molecule has 0 bridgehead atoms. The maximum absolute atomic E-state index is 13.5. The van der Waals surface area contributed by atoms with Crippen LogP contribution in [0.2, 0.25) is 0 Å². The highest BCUT2D eigenvalue weighted by Gasteiger charge is 2.32. The van der Waals surface area contributed by atoms with E-state index in [-0.39, 0.29) is 40.1 Å². The average Bonchev–Trinajstić information content (AvgIpc) is 4.16. The number of aromatic nitrogens is 6. The number of amides is 3. The lowest BCUT2D eigenvalue weighted by Gasteiger charge is -2.35. The number of hydrogen-bond donors (Lipinski definition) is 3. The quantitative estimate of drug-likeness (QED) is 0.109. The molecular weight excluding hydrogens is 851 g/mol. The van der Waals surface area contributed by atoms with Gasteiger partial charge < -0.3 is 33.9 Å². The number of unbranched alkanes of at least 4 members (excludes halogenated alkanes) is 1. The number of carbonyl (C=O) groups is 3. The van der Waals surface area contributed by atoms with Crippen molar-refractivity contribution in [1.29, 1.82) is 0 Å². The first-order valence-corrected chi connectivity index (χ1v) is 24.1. The second kappa shape index (κ2) is 18.5. The predicted octanol–water partition coefficient (Wildman–Crippen LogP) is 10.2. The highest BCUT2D eigenvalue weighted by molar-refractivity contribution is 6.02. The highest BCUT2D eigenvalue weighted by atomic mass is 16.5. The van der Waals surface area contributed by atoms with Gasteiger partial charge in [0.25, 0.3) is 17.7 Å². The second-order valence-corrected chi connectivity index (χ2v) is 18.9. The molecule has 1 saturated carbocycles. The van der Waals surface area contributed by atoms with Gasteiger partial charge in [0, 0.05) is 69.6 Å². The van der Waals surface area contributed by atoms with E-state index in [1.165, 1.54) is 16.7 Å². The minimum atomic E-state index is -0.111. The zero-order chi connectivity index (χ0) is 47.2. The van der Waals surface area contributed by atoms with Crippen molar-refractivity contribution < 1.29 is 23.4 Å². The Balaban J connectivity index is 0.000000243. The minimum absolute atomic E-state index is 0. The molecule has 0 saturated heterocycles. The molecule has 1 unspecified atom stereocenters. The van der Waals surface area contributed by atoms with E-state index in [4.69, 9.17) is 9.72 Å². The van der Waals surface area contributed by atoms with E-state index < -0.39 is 0 Å². The molecule has 3 amide bonds. The third-order valence-corrected chi connectivity index (χ3v) is 14.0. The summed E-state index contributed by atoms with van der Waals surface area (Å²) in [6.45, 7) is 13.0. The molecule has 1 fully saturated rings. The molecule has 3 N–H and O–H groups in total. The third kappa shape index (κ3) is 8.66. The molecule has 6 heterocycles. The molecule has 0 radical (unpaired) electrons.